The molecule has 1 atom stereocenters. The zero-order chi connectivity index (χ0) is 23.8. The van der Waals surface area contributed by atoms with Crippen LogP contribution in [-0.4, -0.2) is 54.2 Å². The highest BCUT2D eigenvalue weighted by Gasteiger charge is 2.47. The molecule has 1 aliphatic heterocycles. The number of para-hydroxylation sites is 1. The number of nitrogens with one attached hydrogen (secondary N) is 1. The molecule has 8 nitrogen and oxygen atoms in total. The van der Waals surface area contributed by atoms with Gasteiger partial charge in [0.05, 0.1) is 22.6 Å². The van der Waals surface area contributed by atoms with Crippen LogP contribution in [-0.2, 0) is 16.1 Å². The molecule has 2 heterocycles. The number of amides is 2. The van der Waals surface area contributed by atoms with E-state index >= 15 is 0 Å². The van der Waals surface area contributed by atoms with Crippen LogP contribution in [0, 0.1) is 5.82 Å². The second-order valence-corrected chi connectivity index (χ2v) is 8.22. The average molecular weight is 477 g/mol. The number of hydrogen-bond donors (Lipinski definition) is 2. The second kappa shape index (κ2) is 8.92. The third kappa shape index (κ3) is 3.98. The molecule has 1 aliphatic rings. The SMILES string of the molecule is COCCN1C(=O)c2oc3ccccc3c2OCC1(C)C(=O)NCc1c(O)ccc(Cl)c1F. The smallest absolute Gasteiger partial charge is 0.294 e. The third-order valence-corrected chi connectivity index (χ3v) is 5.98. The molecule has 2 N–H and O–H groups in total. The van der Waals surface area contributed by atoms with Crippen LogP contribution in [0.5, 0.6) is 11.5 Å². The fourth-order valence-electron chi connectivity index (χ4n) is 3.77. The summed E-state index contributed by atoms with van der Waals surface area (Å²) in [4.78, 5) is 28.1. The molecule has 0 spiro atoms. The van der Waals surface area contributed by atoms with Gasteiger partial charge in [0.25, 0.3) is 5.91 Å². The first-order valence-corrected chi connectivity index (χ1v) is 10.5. The van der Waals surface area contributed by atoms with Gasteiger partial charge in [0.1, 0.15) is 23.8 Å². The molecule has 4 rings (SSSR count). The number of carbonyl (C=O) groups is 2. The van der Waals surface area contributed by atoms with Crippen molar-refractivity contribution in [1.29, 1.82) is 0 Å². The van der Waals surface area contributed by atoms with E-state index in [1.54, 1.807) is 24.3 Å². The molecule has 0 radical (unpaired) electrons. The topological polar surface area (TPSA) is 101 Å². The van der Waals surface area contributed by atoms with E-state index in [4.69, 9.17) is 25.5 Å². The lowest BCUT2D eigenvalue weighted by Crippen LogP contribution is -2.61. The molecule has 0 saturated heterocycles. The molecule has 1 unspecified atom stereocenters. The lowest BCUT2D eigenvalue weighted by atomic mass is 9.99. The van der Waals surface area contributed by atoms with Crippen LogP contribution in [0.3, 0.4) is 0 Å². The van der Waals surface area contributed by atoms with Gasteiger partial charge in [0, 0.05) is 20.2 Å². The average Bonchev–Trinajstić information content (AvgIpc) is 3.14. The first-order valence-electron chi connectivity index (χ1n) is 10.2. The number of halogens is 2. The van der Waals surface area contributed by atoms with E-state index < -0.39 is 23.2 Å². The summed E-state index contributed by atoms with van der Waals surface area (Å²) in [6.45, 7) is 1.25. The summed E-state index contributed by atoms with van der Waals surface area (Å²) in [7, 11) is 1.48. The molecule has 0 bridgehead atoms. The fraction of sp³-hybridized carbons (Fsp3) is 0.304. The van der Waals surface area contributed by atoms with Crippen molar-refractivity contribution in [3.63, 3.8) is 0 Å². The maximum atomic E-state index is 14.3. The molecule has 0 saturated carbocycles. The highest BCUT2D eigenvalue weighted by Crippen LogP contribution is 2.38. The van der Waals surface area contributed by atoms with Gasteiger partial charge in [-0.25, -0.2) is 4.39 Å². The Kier molecular flexibility index (Phi) is 6.18. The monoisotopic (exact) mass is 476 g/mol. The summed E-state index contributed by atoms with van der Waals surface area (Å²) >= 11 is 5.79. The Morgan fingerprint density at radius 3 is 2.85 bits per heavy atom. The Morgan fingerprint density at radius 2 is 2.09 bits per heavy atom. The number of hydrogen-bond acceptors (Lipinski definition) is 6. The van der Waals surface area contributed by atoms with Crippen LogP contribution >= 0.6 is 11.6 Å². The van der Waals surface area contributed by atoms with E-state index in [9.17, 15) is 19.1 Å². The summed E-state index contributed by atoms with van der Waals surface area (Å²) in [5.74, 6) is -2.09. The van der Waals surface area contributed by atoms with Crippen molar-refractivity contribution in [3.8, 4) is 11.5 Å². The van der Waals surface area contributed by atoms with Gasteiger partial charge in [0.15, 0.2) is 11.3 Å². The van der Waals surface area contributed by atoms with Crippen molar-refractivity contribution < 1.29 is 33.0 Å². The van der Waals surface area contributed by atoms with Gasteiger partial charge < -0.3 is 29.2 Å². The number of methoxy groups -OCH3 is 1. The zero-order valence-electron chi connectivity index (χ0n) is 18.0. The van der Waals surface area contributed by atoms with Gasteiger partial charge in [-0.1, -0.05) is 23.7 Å². The number of carbonyl (C=O) groups excluding carboxylic acids is 2. The van der Waals surface area contributed by atoms with Crippen LogP contribution in [0.4, 0.5) is 4.39 Å². The number of furan rings is 1. The summed E-state index contributed by atoms with van der Waals surface area (Å²) in [6, 6.07) is 9.50. The first-order chi connectivity index (χ1) is 15.8. The minimum absolute atomic E-state index is 0.0117. The predicted molar refractivity (Wildman–Crippen MR) is 118 cm³/mol. The third-order valence-electron chi connectivity index (χ3n) is 5.69. The molecule has 0 fully saturated rings. The number of nitrogens with zero attached hydrogens (tertiary/aromatic N) is 1. The number of aromatic hydroxyl groups is 1. The number of phenols is 1. The number of fused-ring (bicyclic) bond motifs is 3. The summed E-state index contributed by atoms with van der Waals surface area (Å²) in [6.07, 6.45) is 0. The number of benzene rings is 2. The van der Waals surface area contributed by atoms with Gasteiger partial charge in [-0.15, -0.1) is 0 Å². The first kappa shape index (κ1) is 22.9. The minimum atomic E-state index is -1.48. The van der Waals surface area contributed by atoms with Gasteiger partial charge in [-0.2, -0.15) is 0 Å². The highest BCUT2D eigenvalue weighted by atomic mass is 35.5. The molecule has 2 aromatic carbocycles. The molecule has 10 heteroatoms. The van der Waals surface area contributed by atoms with Crippen molar-refractivity contribution >= 4 is 34.4 Å². The van der Waals surface area contributed by atoms with Crippen LogP contribution in [0.15, 0.2) is 40.8 Å². The van der Waals surface area contributed by atoms with E-state index in [2.05, 4.69) is 5.32 Å². The van der Waals surface area contributed by atoms with E-state index in [1.165, 1.54) is 31.1 Å². The Labute approximate surface area is 193 Å². The molecular weight excluding hydrogens is 455 g/mol. The summed E-state index contributed by atoms with van der Waals surface area (Å²) in [5.41, 5.74) is -1.16. The molecule has 3 aromatic rings. The fourth-order valence-corrected chi connectivity index (χ4v) is 3.95. The summed E-state index contributed by atoms with van der Waals surface area (Å²) in [5, 5.41) is 13.0. The molecular formula is C23H22ClFN2O6. The predicted octanol–water partition coefficient (Wildman–Crippen LogP) is 3.49. The van der Waals surface area contributed by atoms with E-state index in [0.29, 0.717) is 11.0 Å². The second-order valence-electron chi connectivity index (χ2n) is 7.81. The van der Waals surface area contributed by atoms with Crippen molar-refractivity contribution in [3.05, 3.63) is 58.6 Å². The summed E-state index contributed by atoms with van der Waals surface area (Å²) < 4.78 is 31.2. The van der Waals surface area contributed by atoms with Crippen molar-refractivity contribution in [2.75, 3.05) is 26.9 Å². The van der Waals surface area contributed by atoms with Gasteiger partial charge in [-0.05, 0) is 31.2 Å². The lowest BCUT2D eigenvalue weighted by molar-refractivity contribution is -0.133. The number of phenolic OH excluding ortho intramolecular Hbond substituents is 1. The van der Waals surface area contributed by atoms with Gasteiger partial charge >= 0.3 is 0 Å². The highest BCUT2D eigenvalue weighted by molar-refractivity contribution is 6.30. The van der Waals surface area contributed by atoms with Gasteiger partial charge in [0.2, 0.25) is 11.7 Å². The standard InChI is InChI=1S/C23H22ClFN2O6/c1-23(22(30)26-11-14-16(28)8-7-15(24)18(14)25)12-32-19-13-5-3-4-6-17(13)33-20(19)21(29)27(23)9-10-31-2/h3-8,28H,9-12H2,1-2H3,(H,26,30). The quantitative estimate of drug-likeness (QED) is 0.565. The zero-order valence-corrected chi connectivity index (χ0v) is 18.7. The van der Waals surface area contributed by atoms with Crippen molar-refractivity contribution in [1.82, 2.24) is 10.2 Å². The lowest BCUT2D eigenvalue weighted by Gasteiger charge is -2.37. The normalized spacial score (nSPS) is 18.1. The van der Waals surface area contributed by atoms with E-state index in [1.807, 2.05) is 0 Å². The molecule has 2 amide bonds. The molecule has 0 aliphatic carbocycles. The Hall–Kier alpha value is -3.30. The minimum Gasteiger partial charge on any atom is -0.507 e. The van der Waals surface area contributed by atoms with Crippen molar-refractivity contribution in [2.24, 2.45) is 0 Å². The van der Waals surface area contributed by atoms with Crippen molar-refractivity contribution in [2.45, 2.75) is 19.0 Å². The Bertz CT molecular complexity index is 1230. The van der Waals surface area contributed by atoms with Crippen LogP contribution in [0.1, 0.15) is 23.0 Å². The van der Waals surface area contributed by atoms with E-state index in [-0.39, 0.29) is 54.1 Å². The van der Waals surface area contributed by atoms with E-state index in [0.717, 1.165) is 0 Å². The maximum absolute atomic E-state index is 14.3. The Balaban J connectivity index is 1.66. The molecule has 174 valence electrons. The van der Waals surface area contributed by atoms with Crippen LogP contribution < -0.4 is 10.1 Å². The maximum Gasteiger partial charge on any atom is 0.294 e. The molecule has 33 heavy (non-hydrogen) atoms. The largest absolute Gasteiger partial charge is 0.507 e. The van der Waals surface area contributed by atoms with Crippen LogP contribution in [0.2, 0.25) is 5.02 Å². The van der Waals surface area contributed by atoms with Crippen LogP contribution in [0.25, 0.3) is 11.0 Å². The van der Waals surface area contributed by atoms with Gasteiger partial charge in [-0.3, -0.25) is 9.59 Å². The Morgan fingerprint density at radius 1 is 1.33 bits per heavy atom. The number of rotatable bonds is 6. The number of ether oxygens (including phenoxy) is 2. The molecule has 1 aromatic heterocycles.